The molecular formula is C14H26N2O3. The van der Waals surface area contributed by atoms with Crippen LogP contribution in [0.25, 0.3) is 0 Å². The van der Waals surface area contributed by atoms with Gasteiger partial charge < -0.3 is 16.2 Å². The van der Waals surface area contributed by atoms with Crippen molar-refractivity contribution >= 4 is 11.9 Å². The number of carbonyl (C=O) groups excluding carboxylic acids is 1. The van der Waals surface area contributed by atoms with Gasteiger partial charge in [-0.1, -0.05) is 20.8 Å². The molecule has 4 N–H and O–H groups in total. The first-order valence-corrected chi connectivity index (χ1v) is 6.96. The minimum Gasteiger partial charge on any atom is -0.481 e. The van der Waals surface area contributed by atoms with Crippen LogP contribution in [0.5, 0.6) is 0 Å². The topological polar surface area (TPSA) is 92.4 Å². The molecule has 1 saturated carbocycles. The van der Waals surface area contributed by atoms with Gasteiger partial charge in [0.05, 0.1) is 11.8 Å². The molecule has 1 unspecified atom stereocenters. The number of carboxylic acid groups (broad SMARTS) is 1. The Bertz CT molecular complexity index is 336. The Kier molecular flexibility index (Phi) is 5.35. The Hall–Kier alpha value is -1.10. The van der Waals surface area contributed by atoms with Gasteiger partial charge in [0.1, 0.15) is 0 Å². The lowest BCUT2D eigenvalue weighted by Crippen LogP contribution is -2.41. The first-order chi connectivity index (χ1) is 8.73. The summed E-state index contributed by atoms with van der Waals surface area (Å²) in [7, 11) is 0. The second-order valence-electron chi connectivity index (χ2n) is 6.75. The third-order valence-electron chi connectivity index (χ3n) is 3.64. The molecule has 0 saturated heterocycles. The van der Waals surface area contributed by atoms with E-state index in [4.69, 9.17) is 10.8 Å². The second-order valence-corrected chi connectivity index (χ2v) is 6.75. The summed E-state index contributed by atoms with van der Waals surface area (Å²) in [5.41, 5.74) is 5.73. The molecule has 1 aliphatic rings. The Labute approximate surface area is 114 Å². The van der Waals surface area contributed by atoms with Crippen LogP contribution in [0.1, 0.15) is 46.5 Å². The van der Waals surface area contributed by atoms with Crippen molar-refractivity contribution in [2.75, 3.05) is 6.54 Å². The molecule has 0 bridgehead atoms. The molecule has 5 heteroatoms. The zero-order valence-corrected chi connectivity index (χ0v) is 12.1. The maximum atomic E-state index is 12.1. The van der Waals surface area contributed by atoms with E-state index < -0.39 is 5.97 Å². The highest BCUT2D eigenvalue weighted by molar-refractivity contribution is 5.79. The molecule has 1 aliphatic carbocycles. The van der Waals surface area contributed by atoms with Crippen LogP contribution in [0.2, 0.25) is 0 Å². The molecule has 1 fully saturated rings. The largest absolute Gasteiger partial charge is 0.481 e. The summed E-state index contributed by atoms with van der Waals surface area (Å²) in [6.45, 7) is 6.58. The standard InChI is InChI=1S/C14H26N2O3/c1-14(2,3)7-10(8-15)12(17)16-11-5-4-9(6-11)13(18)19/h9-11H,4-8,15H2,1-3H3,(H,16,17)(H,18,19)/t9-,10?,11+/m1/s1. The highest BCUT2D eigenvalue weighted by Gasteiger charge is 2.32. The molecule has 0 heterocycles. The molecule has 110 valence electrons. The summed E-state index contributed by atoms with van der Waals surface area (Å²) in [4.78, 5) is 23.0. The number of carbonyl (C=O) groups is 2. The van der Waals surface area contributed by atoms with Gasteiger partial charge in [0.25, 0.3) is 0 Å². The van der Waals surface area contributed by atoms with Gasteiger partial charge in [-0.2, -0.15) is 0 Å². The van der Waals surface area contributed by atoms with Crippen molar-refractivity contribution in [2.45, 2.75) is 52.5 Å². The van der Waals surface area contributed by atoms with Crippen molar-refractivity contribution in [2.24, 2.45) is 23.0 Å². The summed E-state index contributed by atoms with van der Waals surface area (Å²) >= 11 is 0. The van der Waals surface area contributed by atoms with Crippen LogP contribution in [0, 0.1) is 17.3 Å². The molecule has 5 nitrogen and oxygen atoms in total. The van der Waals surface area contributed by atoms with Gasteiger partial charge in [-0.3, -0.25) is 9.59 Å². The number of hydrogen-bond acceptors (Lipinski definition) is 3. The lowest BCUT2D eigenvalue weighted by atomic mass is 9.84. The third kappa shape index (κ3) is 5.19. The van der Waals surface area contributed by atoms with E-state index in [1.807, 2.05) is 0 Å². The van der Waals surface area contributed by atoms with Crippen LogP contribution < -0.4 is 11.1 Å². The maximum absolute atomic E-state index is 12.1. The smallest absolute Gasteiger partial charge is 0.306 e. The van der Waals surface area contributed by atoms with E-state index in [1.54, 1.807) is 0 Å². The van der Waals surface area contributed by atoms with E-state index in [0.717, 1.165) is 12.8 Å². The minimum atomic E-state index is -0.762. The van der Waals surface area contributed by atoms with E-state index in [2.05, 4.69) is 26.1 Å². The third-order valence-corrected chi connectivity index (χ3v) is 3.64. The molecule has 0 aromatic heterocycles. The van der Waals surface area contributed by atoms with E-state index in [9.17, 15) is 9.59 Å². The van der Waals surface area contributed by atoms with Gasteiger partial charge in [0.15, 0.2) is 0 Å². The van der Waals surface area contributed by atoms with Crippen molar-refractivity contribution in [3.8, 4) is 0 Å². The highest BCUT2D eigenvalue weighted by Crippen LogP contribution is 2.27. The second kappa shape index (κ2) is 6.37. The Morgan fingerprint density at radius 1 is 1.37 bits per heavy atom. The number of carboxylic acids is 1. The molecular weight excluding hydrogens is 244 g/mol. The van der Waals surface area contributed by atoms with Gasteiger partial charge in [0.2, 0.25) is 5.91 Å². The SMILES string of the molecule is CC(C)(C)CC(CN)C(=O)N[C@H]1CC[C@@H](C(=O)O)C1. The van der Waals surface area contributed by atoms with Crippen molar-refractivity contribution in [3.63, 3.8) is 0 Å². The van der Waals surface area contributed by atoms with E-state index >= 15 is 0 Å². The number of amides is 1. The summed E-state index contributed by atoms with van der Waals surface area (Å²) in [6, 6.07) is -0.0115. The van der Waals surface area contributed by atoms with Gasteiger partial charge in [-0.15, -0.1) is 0 Å². The predicted molar refractivity (Wildman–Crippen MR) is 73.5 cm³/mol. The van der Waals surface area contributed by atoms with E-state index in [1.165, 1.54) is 0 Å². The van der Waals surface area contributed by atoms with Crippen molar-refractivity contribution in [1.82, 2.24) is 5.32 Å². The number of aliphatic carboxylic acids is 1. The zero-order chi connectivity index (χ0) is 14.6. The molecule has 0 radical (unpaired) electrons. The van der Waals surface area contributed by atoms with Crippen LogP contribution in [-0.2, 0) is 9.59 Å². The first kappa shape index (κ1) is 16.0. The molecule has 0 aromatic rings. The van der Waals surface area contributed by atoms with Crippen LogP contribution in [0.3, 0.4) is 0 Å². The van der Waals surface area contributed by atoms with Crippen molar-refractivity contribution in [1.29, 1.82) is 0 Å². The monoisotopic (exact) mass is 270 g/mol. The molecule has 19 heavy (non-hydrogen) atoms. The lowest BCUT2D eigenvalue weighted by molar-refractivity contribution is -0.141. The average molecular weight is 270 g/mol. The number of hydrogen-bond donors (Lipinski definition) is 3. The Morgan fingerprint density at radius 3 is 2.42 bits per heavy atom. The fourth-order valence-electron chi connectivity index (χ4n) is 2.68. The van der Waals surface area contributed by atoms with Crippen LogP contribution >= 0.6 is 0 Å². The maximum Gasteiger partial charge on any atom is 0.306 e. The Morgan fingerprint density at radius 2 is 2.00 bits per heavy atom. The fourth-order valence-corrected chi connectivity index (χ4v) is 2.68. The number of rotatable bonds is 5. The van der Waals surface area contributed by atoms with Gasteiger partial charge >= 0.3 is 5.97 Å². The van der Waals surface area contributed by atoms with Gasteiger partial charge in [0, 0.05) is 12.6 Å². The van der Waals surface area contributed by atoms with Gasteiger partial charge in [-0.25, -0.2) is 0 Å². The molecule has 3 atom stereocenters. The molecule has 0 aromatic carbocycles. The van der Waals surface area contributed by atoms with Crippen molar-refractivity contribution in [3.05, 3.63) is 0 Å². The summed E-state index contributed by atoms with van der Waals surface area (Å²) in [6.07, 6.45) is 2.67. The normalized spacial score (nSPS) is 25.1. The Balaban J connectivity index is 2.48. The zero-order valence-electron chi connectivity index (χ0n) is 12.1. The number of nitrogens with two attached hydrogens (primary N) is 1. The van der Waals surface area contributed by atoms with Crippen molar-refractivity contribution < 1.29 is 14.7 Å². The van der Waals surface area contributed by atoms with Crippen LogP contribution in [0.15, 0.2) is 0 Å². The lowest BCUT2D eigenvalue weighted by Gasteiger charge is -2.25. The molecule has 0 spiro atoms. The molecule has 0 aliphatic heterocycles. The van der Waals surface area contributed by atoms with Gasteiger partial charge in [-0.05, 0) is 31.1 Å². The average Bonchev–Trinajstić information content (AvgIpc) is 2.73. The minimum absolute atomic E-state index is 0.0115. The summed E-state index contributed by atoms with van der Waals surface area (Å²) in [5.74, 6) is -1.30. The molecule has 1 amide bonds. The summed E-state index contributed by atoms with van der Waals surface area (Å²) < 4.78 is 0. The highest BCUT2D eigenvalue weighted by atomic mass is 16.4. The van der Waals surface area contributed by atoms with Crippen LogP contribution in [-0.4, -0.2) is 29.6 Å². The molecule has 1 rings (SSSR count). The summed E-state index contributed by atoms with van der Waals surface area (Å²) in [5, 5.41) is 11.9. The predicted octanol–water partition coefficient (Wildman–Crippen LogP) is 1.37. The van der Waals surface area contributed by atoms with Crippen LogP contribution in [0.4, 0.5) is 0 Å². The first-order valence-electron chi connectivity index (χ1n) is 6.96. The quantitative estimate of drug-likeness (QED) is 0.703. The van der Waals surface area contributed by atoms with E-state index in [-0.39, 0.29) is 29.2 Å². The fraction of sp³-hybridized carbons (Fsp3) is 0.857. The number of nitrogens with one attached hydrogen (secondary N) is 1. The van der Waals surface area contributed by atoms with E-state index in [0.29, 0.717) is 19.4 Å².